The van der Waals surface area contributed by atoms with Crippen molar-refractivity contribution in [1.29, 1.82) is 0 Å². The Morgan fingerprint density at radius 2 is 1.96 bits per heavy atom. The number of Topliss-reactive ketones (excluding diaryl/α,β-unsaturated/α-hetero) is 1. The van der Waals surface area contributed by atoms with Gasteiger partial charge in [0.05, 0.1) is 18.3 Å². The molecule has 4 aromatic rings. The van der Waals surface area contributed by atoms with E-state index in [4.69, 9.17) is 5.73 Å². The van der Waals surface area contributed by atoms with E-state index in [-0.39, 0.29) is 30.4 Å². The summed E-state index contributed by atoms with van der Waals surface area (Å²) in [4.78, 5) is 16.5. The summed E-state index contributed by atoms with van der Waals surface area (Å²) in [6.45, 7) is 1.85. The smallest absolute Gasteiger partial charge is 0.227 e. The van der Waals surface area contributed by atoms with Crippen molar-refractivity contribution in [1.82, 2.24) is 29.8 Å². The number of nitrogens with zero attached hydrogens (tertiary/aromatic N) is 6. The van der Waals surface area contributed by atoms with Crippen molar-refractivity contribution in [3.05, 3.63) is 65.4 Å². The molecule has 0 radical (unpaired) electrons. The van der Waals surface area contributed by atoms with Crippen molar-refractivity contribution in [2.24, 2.45) is 0 Å². The molecule has 0 atom stereocenters. The maximum absolute atomic E-state index is 13.8. The van der Waals surface area contributed by atoms with E-state index in [1.807, 2.05) is 6.92 Å². The van der Waals surface area contributed by atoms with E-state index in [1.165, 1.54) is 12.3 Å². The van der Waals surface area contributed by atoms with E-state index in [0.717, 1.165) is 5.56 Å². The number of nitrogens with two attached hydrogens (primary N) is 1. The molecule has 0 saturated carbocycles. The molecule has 2 N–H and O–H groups in total. The van der Waals surface area contributed by atoms with Crippen LogP contribution in [0.1, 0.15) is 17.0 Å². The van der Waals surface area contributed by atoms with Crippen LogP contribution in [0.5, 0.6) is 0 Å². The van der Waals surface area contributed by atoms with E-state index in [9.17, 15) is 9.18 Å². The molecule has 0 bridgehead atoms. The Morgan fingerprint density at radius 1 is 1.11 bits per heavy atom. The molecule has 28 heavy (non-hydrogen) atoms. The topological polar surface area (TPSA) is 112 Å². The zero-order chi connectivity index (χ0) is 19.7. The van der Waals surface area contributed by atoms with Crippen LogP contribution in [0.2, 0.25) is 0 Å². The van der Waals surface area contributed by atoms with Crippen molar-refractivity contribution in [2.45, 2.75) is 19.8 Å². The normalized spacial score (nSPS) is 11.1. The molecule has 9 heteroatoms. The Labute approximate surface area is 159 Å². The lowest BCUT2D eigenvalue weighted by molar-refractivity contribution is -0.117. The Morgan fingerprint density at radius 3 is 2.75 bits per heavy atom. The quantitative estimate of drug-likeness (QED) is 0.566. The van der Waals surface area contributed by atoms with Gasteiger partial charge in [-0.25, -0.2) is 9.37 Å². The summed E-state index contributed by atoms with van der Waals surface area (Å²) < 4.78 is 15.5. The summed E-state index contributed by atoms with van der Waals surface area (Å²) in [6, 6.07) is 10.1. The van der Waals surface area contributed by atoms with Gasteiger partial charge in [-0.15, -0.1) is 20.4 Å². The van der Waals surface area contributed by atoms with Crippen molar-refractivity contribution in [3.8, 4) is 11.4 Å². The van der Waals surface area contributed by atoms with Crippen LogP contribution in [0, 0.1) is 12.7 Å². The number of hydrogen-bond acceptors (Lipinski definition) is 7. The standard InChI is InChI=1S/C19H16FN7O/c1-11-5-6-14(20)12(7-11)8-13(28)9-17-22-10-15(23-24-17)16-3-2-4-18-25-26-19(21)27(16)18/h2-7,10H,8-9H2,1H3,(H2,21,26). The van der Waals surface area contributed by atoms with Crippen LogP contribution >= 0.6 is 0 Å². The number of hydrogen-bond donors (Lipinski definition) is 1. The molecule has 0 unspecified atom stereocenters. The first-order chi connectivity index (χ1) is 13.5. The summed E-state index contributed by atoms with van der Waals surface area (Å²) in [6.07, 6.45) is 1.46. The first-order valence-electron chi connectivity index (χ1n) is 8.56. The van der Waals surface area contributed by atoms with Crippen molar-refractivity contribution >= 4 is 17.4 Å². The highest BCUT2D eigenvalue weighted by Crippen LogP contribution is 2.19. The zero-order valence-electron chi connectivity index (χ0n) is 15.0. The fourth-order valence-corrected chi connectivity index (χ4v) is 2.95. The predicted molar refractivity (Wildman–Crippen MR) is 99.8 cm³/mol. The minimum Gasteiger partial charge on any atom is -0.368 e. The maximum Gasteiger partial charge on any atom is 0.227 e. The number of benzene rings is 1. The van der Waals surface area contributed by atoms with Gasteiger partial charge in [0.15, 0.2) is 11.5 Å². The van der Waals surface area contributed by atoms with Crippen LogP contribution in [-0.2, 0) is 17.6 Å². The molecule has 0 spiro atoms. The molecule has 0 amide bonds. The first-order valence-corrected chi connectivity index (χ1v) is 8.56. The predicted octanol–water partition coefficient (Wildman–Crippen LogP) is 1.97. The average molecular weight is 377 g/mol. The highest BCUT2D eigenvalue weighted by atomic mass is 19.1. The first kappa shape index (κ1) is 17.7. The fraction of sp³-hybridized carbons (Fsp3) is 0.158. The zero-order valence-corrected chi connectivity index (χ0v) is 15.0. The molecule has 3 aromatic heterocycles. The number of carbonyl (C=O) groups is 1. The number of fused-ring (bicyclic) bond motifs is 1. The molecule has 4 rings (SSSR count). The van der Waals surface area contributed by atoms with Gasteiger partial charge in [0.1, 0.15) is 17.3 Å². The lowest BCUT2D eigenvalue weighted by Gasteiger charge is -2.06. The van der Waals surface area contributed by atoms with Crippen LogP contribution in [0.15, 0.2) is 42.6 Å². The Bertz CT molecular complexity index is 1170. The molecule has 0 saturated heterocycles. The monoisotopic (exact) mass is 377 g/mol. The van der Waals surface area contributed by atoms with Crippen molar-refractivity contribution in [3.63, 3.8) is 0 Å². The van der Waals surface area contributed by atoms with Gasteiger partial charge >= 0.3 is 0 Å². The Kier molecular flexibility index (Phi) is 4.48. The van der Waals surface area contributed by atoms with Gasteiger partial charge in [-0.1, -0.05) is 23.8 Å². The van der Waals surface area contributed by atoms with Crippen LogP contribution in [0.25, 0.3) is 17.0 Å². The highest BCUT2D eigenvalue weighted by Gasteiger charge is 2.14. The number of halogens is 1. The molecule has 0 aliphatic carbocycles. The second kappa shape index (κ2) is 7.10. The summed E-state index contributed by atoms with van der Waals surface area (Å²) in [7, 11) is 0. The largest absolute Gasteiger partial charge is 0.368 e. The molecular weight excluding hydrogens is 361 g/mol. The number of carbonyl (C=O) groups excluding carboxylic acids is 1. The van der Waals surface area contributed by atoms with Gasteiger partial charge in [-0.05, 0) is 30.7 Å². The fourth-order valence-electron chi connectivity index (χ4n) is 2.95. The van der Waals surface area contributed by atoms with Crippen molar-refractivity contribution < 1.29 is 9.18 Å². The minimum atomic E-state index is -0.395. The number of anilines is 1. The van der Waals surface area contributed by atoms with Gasteiger partial charge in [0.2, 0.25) is 5.95 Å². The van der Waals surface area contributed by atoms with Crippen LogP contribution in [0.3, 0.4) is 0 Å². The maximum atomic E-state index is 13.8. The van der Waals surface area contributed by atoms with E-state index >= 15 is 0 Å². The van der Waals surface area contributed by atoms with Gasteiger partial charge in [0, 0.05) is 6.42 Å². The SMILES string of the molecule is Cc1ccc(F)c(CC(=O)Cc2ncc(-c3cccc4nnc(N)n34)nn2)c1. The lowest BCUT2D eigenvalue weighted by atomic mass is 10.0. The Hall–Kier alpha value is -3.75. The second-order valence-corrected chi connectivity index (χ2v) is 6.41. The summed E-state index contributed by atoms with van der Waals surface area (Å²) in [5.41, 5.74) is 8.80. The lowest BCUT2D eigenvalue weighted by Crippen LogP contribution is -2.11. The third kappa shape index (κ3) is 3.41. The summed E-state index contributed by atoms with van der Waals surface area (Å²) in [5.74, 6) is -0.0882. The van der Waals surface area contributed by atoms with Crippen molar-refractivity contribution in [2.75, 3.05) is 5.73 Å². The van der Waals surface area contributed by atoms with Gasteiger partial charge < -0.3 is 5.73 Å². The molecule has 0 fully saturated rings. The molecule has 3 heterocycles. The number of pyridine rings is 1. The van der Waals surface area contributed by atoms with Crippen LogP contribution in [0.4, 0.5) is 10.3 Å². The number of aromatic nitrogens is 6. The number of nitrogen functional groups attached to an aromatic ring is 1. The average Bonchev–Trinajstić information content (AvgIpc) is 3.07. The number of rotatable bonds is 5. The van der Waals surface area contributed by atoms with Gasteiger partial charge in [-0.2, -0.15) is 0 Å². The van der Waals surface area contributed by atoms with Gasteiger partial charge in [-0.3, -0.25) is 9.20 Å². The number of ketones is 1. The summed E-state index contributed by atoms with van der Waals surface area (Å²) in [5, 5.41) is 16.0. The van der Waals surface area contributed by atoms with E-state index in [0.29, 0.717) is 22.6 Å². The second-order valence-electron chi connectivity index (χ2n) is 6.41. The van der Waals surface area contributed by atoms with Crippen LogP contribution < -0.4 is 5.73 Å². The number of aryl methyl sites for hydroxylation is 1. The Balaban J connectivity index is 1.52. The van der Waals surface area contributed by atoms with Gasteiger partial charge in [0.25, 0.3) is 0 Å². The third-order valence-corrected chi connectivity index (χ3v) is 4.27. The van der Waals surface area contributed by atoms with E-state index in [2.05, 4.69) is 25.4 Å². The van der Waals surface area contributed by atoms with E-state index in [1.54, 1.807) is 34.7 Å². The molecule has 8 nitrogen and oxygen atoms in total. The van der Waals surface area contributed by atoms with Crippen LogP contribution in [-0.4, -0.2) is 35.6 Å². The summed E-state index contributed by atoms with van der Waals surface area (Å²) >= 11 is 0. The molecule has 1 aromatic carbocycles. The molecule has 140 valence electrons. The molecule has 0 aliphatic heterocycles. The highest BCUT2D eigenvalue weighted by molar-refractivity contribution is 5.82. The minimum absolute atomic E-state index is 0.0187. The van der Waals surface area contributed by atoms with E-state index < -0.39 is 5.82 Å². The molecule has 0 aliphatic rings. The molecular formula is C19H16FN7O. The third-order valence-electron chi connectivity index (χ3n) is 4.27.